The SMILES string of the molecule is C1Cc2nc(SSc3nc4c(s3)CCC4)sc2C1.CC. The maximum atomic E-state index is 4.71. The second-order valence-electron chi connectivity index (χ2n) is 4.57. The fraction of sp³-hybridized carbons (Fsp3) is 0.571. The van der Waals surface area contributed by atoms with Gasteiger partial charge in [-0.1, -0.05) is 13.8 Å². The van der Waals surface area contributed by atoms with Crippen molar-refractivity contribution >= 4 is 44.3 Å². The number of fused-ring (bicyclic) bond motifs is 2. The molecule has 0 saturated heterocycles. The van der Waals surface area contributed by atoms with Crippen molar-refractivity contribution in [2.24, 2.45) is 0 Å². The van der Waals surface area contributed by atoms with E-state index in [1.54, 1.807) is 21.6 Å². The third-order valence-electron chi connectivity index (χ3n) is 3.34. The minimum atomic E-state index is 1.18. The number of aromatic nitrogens is 2. The molecule has 0 spiro atoms. The first-order valence-electron chi connectivity index (χ1n) is 7.20. The normalized spacial score (nSPS) is 15.7. The molecule has 0 aliphatic heterocycles. The quantitative estimate of drug-likeness (QED) is 0.697. The van der Waals surface area contributed by atoms with Crippen LogP contribution in [-0.2, 0) is 25.7 Å². The molecule has 0 fully saturated rings. The minimum Gasteiger partial charge on any atom is -0.234 e. The molecule has 0 saturated carbocycles. The molecule has 0 N–H and O–H groups in total. The zero-order valence-electron chi connectivity index (χ0n) is 11.8. The molecular weight excluding hydrogens is 324 g/mol. The Morgan fingerprint density at radius 3 is 1.60 bits per heavy atom. The second kappa shape index (κ2) is 6.81. The predicted molar refractivity (Wildman–Crippen MR) is 91.3 cm³/mol. The predicted octanol–water partition coefficient (Wildman–Crippen LogP) is 5.40. The molecule has 0 unspecified atom stereocenters. The molecule has 4 rings (SSSR count). The summed E-state index contributed by atoms with van der Waals surface area (Å²) in [5, 5.41) is 0. The first-order valence-corrected chi connectivity index (χ1v) is 11.0. The largest absolute Gasteiger partial charge is 0.234 e. The van der Waals surface area contributed by atoms with E-state index in [0.717, 1.165) is 0 Å². The standard InChI is InChI=1S/C12H12N2S4.C2H6/c1-3-7-9(5-1)15-11(13-7)17-18-12-14-8-4-2-6-10(8)16-12;1-2/h1-6H2;1-2H3. The summed E-state index contributed by atoms with van der Waals surface area (Å²) in [6.45, 7) is 4.00. The molecular formula is C14H18N2S4. The Balaban J connectivity index is 0.000000581. The first-order chi connectivity index (χ1) is 9.88. The van der Waals surface area contributed by atoms with E-state index in [0.29, 0.717) is 0 Å². The summed E-state index contributed by atoms with van der Waals surface area (Å²) < 4.78 is 2.42. The van der Waals surface area contributed by atoms with Crippen LogP contribution in [0.15, 0.2) is 8.68 Å². The molecule has 108 valence electrons. The average Bonchev–Trinajstić information content (AvgIpc) is 3.17. The molecule has 0 amide bonds. The van der Waals surface area contributed by atoms with E-state index < -0.39 is 0 Å². The van der Waals surface area contributed by atoms with Gasteiger partial charge >= 0.3 is 0 Å². The van der Waals surface area contributed by atoms with E-state index in [2.05, 4.69) is 0 Å². The fourth-order valence-electron chi connectivity index (χ4n) is 2.48. The summed E-state index contributed by atoms with van der Waals surface area (Å²) in [6.07, 6.45) is 7.44. The summed E-state index contributed by atoms with van der Waals surface area (Å²) in [6, 6.07) is 0. The van der Waals surface area contributed by atoms with Crippen LogP contribution in [0.5, 0.6) is 0 Å². The van der Waals surface area contributed by atoms with E-state index in [-0.39, 0.29) is 0 Å². The van der Waals surface area contributed by atoms with Crippen LogP contribution in [-0.4, -0.2) is 9.97 Å². The highest BCUT2D eigenvalue weighted by atomic mass is 33.1. The molecule has 2 aromatic rings. The van der Waals surface area contributed by atoms with Crippen LogP contribution in [0.25, 0.3) is 0 Å². The highest BCUT2D eigenvalue weighted by Crippen LogP contribution is 2.44. The van der Waals surface area contributed by atoms with Crippen LogP contribution < -0.4 is 0 Å². The van der Waals surface area contributed by atoms with Gasteiger partial charge in [-0.3, -0.25) is 0 Å². The van der Waals surface area contributed by atoms with Gasteiger partial charge in [0, 0.05) is 9.75 Å². The Bertz CT molecular complexity index is 493. The molecule has 2 nitrogen and oxygen atoms in total. The Kier molecular flexibility index (Phi) is 5.07. The van der Waals surface area contributed by atoms with Crippen LogP contribution >= 0.6 is 44.3 Å². The van der Waals surface area contributed by atoms with Crippen molar-refractivity contribution in [3.8, 4) is 0 Å². The Hall–Kier alpha value is -0.0400. The number of rotatable bonds is 3. The lowest BCUT2D eigenvalue weighted by Gasteiger charge is -1.93. The molecule has 2 aliphatic carbocycles. The molecule has 2 aliphatic rings. The van der Waals surface area contributed by atoms with Gasteiger partial charge in [0.25, 0.3) is 0 Å². The van der Waals surface area contributed by atoms with Crippen LogP contribution in [0.3, 0.4) is 0 Å². The monoisotopic (exact) mass is 342 g/mol. The molecule has 2 heterocycles. The van der Waals surface area contributed by atoms with Crippen molar-refractivity contribution < 1.29 is 0 Å². The molecule has 0 bridgehead atoms. The van der Waals surface area contributed by atoms with Crippen LogP contribution in [0.1, 0.15) is 47.8 Å². The lowest BCUT2D eigenvalue weighted by molar-refractivity contribution is 0.891. The van der Waals surface area contributed by atoms with E-state index in [9.17, 15) is 0 Å². The summed E-state index contributed by atoms with van der Waals surface area (Å²) in [5.41, 5.74) is 2.70. The fourth-order valence-corrected chi connectivity index (χ4v) is 7.42. The highest BCUT2D eigenvalue weighted by molar-refractivity contribution is 8.77. The smallest absolute Gasteiger partial charge is 0.161 e. The first kappa shape index (κ1) is 14.9. The number of thiazole rings is 2. The van der Waals surface area contributed by atoms with Gasteiger partial charge in [0.05, 0.1) is 11.4 Å². The van der Waals surface area contributed by atoms with Crippen molar-refractivity contribution in [1.82, 2.24) is 9.97 Å². The Morgan fingerprint density at radius 1 is 0.750 bits per heavy atom. The van der Waals surface area contributed by atoms with Crippen molar-refractivity contribution in [2.45, 2.75) is 61.1 Å². The van der Waals surface area contributed by atoms with E-state index in [1.165, 1.54) is 68.3 Å². The average molecular weight is 343 g/mol. The van der Waals surface area contributed by atoms with Crippen LogP contribution in [0.4, 0.5) is 0 Å². The Morgan fingerprint density at radius 2 is 1.20 bits per heavy atom. The van der Waals surface area contributed by atoms with Crippen molar-refractivity contribution in [1.29, 1.82) is 0 Å². The molecule has 0 radical (unpaired) electrons. The van der Waals surface area contributed by atoms with Crippen molar-refractivity contribution in [2.75, 3.05) is 0 Å². The van der Waals surface area contributed by atoms with Gasteiger partial charge in [0.15, 0.2) is 8.68 Å². The van der Waals surface area contributed by atoms with Crippen molar-refractivity contribution in [3.63, 3.8) is 0 Å². The van der Waals surface area contributed by atoms with E-state index in [1.807, 2.05) is 36.5 Å². The molecule has 20 heavy (non-hydrogen) atoms. The summed E-state index contributed by atoms with van der Waals surface area (Å²) in [4.78, 5) is 12.4. The van der Waals surface area contributed by atoms with Gasteiger partial charge in [-0.2, -0.15) is 0 Å². The summed E-state index contributed by atoms with van der Waals surface area (Å²) in [5.74, 6) is 0. The van der Waals surface area contributed by atoms with Gasteiger partial charge in [0.1, 0.15) is 0 Å². The number of hydrogen-bond acceptors (Lipinski definition) is 6. The van der Waals surface area contributed by atoms with Crippen molar-refractivity contribution in [3.05, 3.63) is 21.1 Å². The highest BCUT2D eigenvalue weighted by Gasteiger charge is 2.19. The summed E-state index contributed by atoms with van der Waals surface area (Å²) >= 11 is 3.76. The topological polar surface area (TPSA) is 25.8 Å². The third kappa shape index (κ3) is 3.08. The van der Waals surface area contributed by atoms with Gasteiger partial charge in [-0.25, -0.2) is 9.97 Å². The lowest BCUT2D eigenvalue weighted by atomic mass is 10.4. The lowest BCUT2D eigenvalue weighted by Crippen LogP contribution is -1.78. The van der Waals surface area contributed by atoms with E-state index in [4.69, 9.17) is 9.97 Å². The van der Waals surface area contributed by atoms with Gasteiger partial charge < -0.3 is 0 Å². The number of aryl methyl sites for hydroxylation is 4. The van der Waals surface area contributed by atoms with Gasteiger partial charge in [-0.15, -0.1) is 22.7 Å². The maximum Gasteiger partial charge on any atom is 0.161 e. The maximum absolute atomic E-state index is 4.71. The zero-order valence-corrected chi connectivity index (χ0v) is 15.0. The summed E-state index contributed by atoms with van der Waals surface area (Å²) in [7, 11) is 3.57. The third-order valence-corrected chi connectivity index (χ3v) is 8.62. The molecule has 2 aromatic heterocycles. The minimum absolute atomic E-state index is 1.18. The zero-order chi connectivity index (χ0) is 13.9. The van der Waals surface area contributed by atoms with Gasteiger partial charge in [0.2, 0.25) is 0 Å². The Labute approximate surface area is 136 Å². The van der Waals surface area contributed by atoms with Gasteiger partial charge in [-0.05, 0) is 60.1 Å². The van der Waals surface area contributed by atoms with Crippen LogP contribution in [0.2, 0.25) is 0 Å². The number of hydrogen-bond donors (Lipinski definition) is 0. The second-order valence-corrected chi connectivity index (χ2v) is 9.36. The molecule has 0 atom stereocenters. The van der Waals surface area contributed by atoms with E-state index >= 15 is 0 Å². The van der Waals surface area contributed by atoms with Crippen LogP contribution in [0, 0.1) is 0 Å². The molecule has 6 heteroatoms. The number of nitrogens with zero attached hydrogens (tertiary/aromatic N) is 2. The molecule has 0 aromatic carbocycles.